The van der Waals surface area contributed by atoms with E-state index in [9.17, 15) is 4.79 Å². The van der Waals surface area contributed by atoms with E-state index in [1.807, 2.05) is 0 Å². The summed E-state index contributed by atoms with van der Waals surface area (Å²) in [5.41, 5.74) is 5.30. The van der Waals surface area contributed by atoms with Crippen molar-refractivity contribution in [3.63, 3.8) is 0 Å². The molecule has 1 atom stereocenters. The van der Waals surface area contributed by atoms with E-state index in [1.165, 1.54) is 0 Å². The molecule has 1 amide bonds. The molecular weight excluding hydrogens is 158 g/mol. The highest BCUT2D eigenvalue weighted by Gasteiger charge is 2.04. The first kappa shape index (κ1) is 11.4. The minimum absolute atomic E-state index is 0.112. The molecular formula is C7H17N3O2. The Kier molecular flexibility index (Phi) is 6.64. The SMILES string of the molecule is C[C@H](N)C(=O)NCCNCCO. The lowest BCUT2D eigenvalue weighted by atomic mass is 10.3. The largest absolute Gasteiger partial charge is 0.395 e. The van der Waals surface area contributed by atoms with E-state index in [-0.39, 0.29) is 12.5 Å². The molecule has 72 valence electrons. The number of nitrogens with two attached hydrogens (primary N) is 1. The third-order valence-corrected chi connectivity index (χ3v) is 1.30. The Labute approximate surface area is 72.3 Å². The van der Waals surface area contributed by atoms with Crippen molar-refractivity contribution in [2.24, 2.45) is 5.73 Å². The minimum atomic E-state index is -0.456. The van der Waals surface area contributed by atoms with Crippen LogP contribution in [0.25, 0.3) is 0 Å². The molecule has 12 heavy (non-hydrogen) atoms. The Morgan fingerprint density at radius 1 is 1.50 bits per heavy atom. The number of amides is 1. The zero-order valence-corrected chi connectivity index (χ0v) is 7.34. The molecule has 0 bridgehead atoms. The first-order chi connectivity index (χ1) is 5.68. The van der Waals surface area contributed by atoms with E-state index in [4.69, 9.17) is 10.8 Å². The second-order valence-electron chi connectivity index (χ2n) is 2.55. The molecule has 0 aromatic heterocycles. The normalized spacial score (nSPS) is 12.6. The molecule has 0 rings (SSSR count). The summed E-state index contributed by atoms with van der Waals surface area (Å²) < 4.78 is 0. The van der Waals surface area contributed by atoms with Crippen molar-refractivity contribution in [1.29, 1.82) is 0 Å². The van der Waals surface area contributed by atoms with Crippen molar-refractivity contribution >= 4 is 5.91 Å². The summed E-state index contributed by atoms with van der Waals surface area (Å²) in [6, 6.07) is -0.456. The molecule has 0 radical (unpaired) electrons. The highest BCUT2D eigenvalue weighted by molar-refractivity contribution is 5.80. The summed E-state index contributed by atoms with van der Waals surface area (Å²) in [4.78, 5) is 10.9. The molecule has 0 unspecified atom stereocenters. The van der Waals surface area contributed by atoms with Gasteiger partial charge in [-0.05, 0) is 6.92 Å². The molecule has 5 nitrogen and oxygen atoms in total. The van der Waals surface area contributed by atoms with Crippen molar-refractivity contribution < 1.29 is 9.90 Å². The highest BCUT2D eigenvalue weighted by Crippen LogP contribution is 1.72. The molecule has 0 aliphatic heterocycles. The van der Waals surface area contributed by atoms with Crippen LogP contribution >= 0.6 is 0 Å². The number of rotatable bonds is 6. The van der Waals surface area contributed by atoms with Crippen LogP contribution in [0.1, 0.15) is 6.92 Å². The van der Waals surface area contributed by atoms with E-state index < -0.39 is 6.04 Å². The molecule has 0 aliphatic carbocycles. The summed E-state index contributed by atoms with van der Waals surface area (Å²) >= 11 is 0. The molecule has 0 aromatic rings. The van der Waals surface area contributed by atoms with Crippen LogP contribution in [-0.2, 0) is 4.79 Å². The maximum absolute atomic E-state index is 10.9. The number of nitrogens with one attached hydrogen (secondary N) is 2. The number of hydrogen-bond acceptors (Lipinski definition) is 4. The van der Waals surface area contributed by atoms with Crippen molar-refractivity contribution in [1.82, 2.24) is 10.6 Å². The first-order valence-electron chi connectivity index (χ1n) is 4.03. The fourth-order valence-corrected chi connectivity index (χ4v) is 0.639. The number of carbonyl (C=O) groups is 1. The standard InChI is InChI=1S/C7H17N3O2/c1-6(8)7(12)10-3-2-9-4-5-11/h6,9,11H,2-5,8H2,1H3,(H,10,12)/t6-/m0/s1. The summed E-state index contributed by atoms with van der Waals surface area (Å²) in [6.45, 7) is 3.49. The average molecular weight is 175 g/mol. The molecule has 0 saturated heterocycles. The molecule has 0 spiro atoms. The Bertz CT molecular complexity index is 128. The van der Waals surface area contributed by atoms with Gasteiger partial charge in [0.15, 0.2) is 0 Å². The maximum Gasteiger partial charge on any atom is 0.236 e. The van der Waals surface area contributed by atoms with E-state index in [2.05, 4.69) is 10.6 Å². The lowest BCUT2D eigenvalue weighted by Gasteiger charge is -2.07. The fourth-order valence-electron chi connectivity index (χ4n) is 0.639. The van der Waals surface area contributed by atoms with Gasteiger partial charge in [-0.25, -0.2) is 0 Å². The summed E-state index contributed by atoms with van der Waals surface area (Å²) in [7, 11) is 0. The predicted molar refractivity (Wildman–Crippen MR) is 46.6 cm³/mol. The molecule has 5 heteroatoms. The highest BCUT2D eigenvalue weighted by atomic mass is 16.3. The van der Waals surface area contributed by atoms with Gasteiger partial charge in [-0.1, -0.05) is 0 Å². The minimum Gasteiger partial charge on any atom is -0.395 e. The van der Waals surface area contributed by atoms with Crippen molar-refractivity contribution in [3.8, 4) is 0 Å². The van der Waals surface area contributed by atoms with Crippen LogP contribution in [0.4, 0.5) is 0 Å². The zero-order chi connectivity index (χ0) is 9.40. The van der Waals surface area contributed by atoms with Gasteiger partial charge in [0.2, 0.25) is 5.91 Å². The quantitative estimate of drug-likeness (QED) is 0.353. The first-order valence-corrected chi connectivity index (χ1v) is 4.03. The van der Waals surface area contributed by atoms with Crippen LogP contribution in [-0.4, -0.2) is 43.3 Å². The van der Waals surface area contributed by atoms with Gasteiger partial charge in [-0.15, -0.1) is 0 Å². The van der Waals surface area contributed by atoms with E-state index >= 15 is 0 Å². The van der Waals surface area contributed by atoms with Crippen molar-refractivity contribution in [3.05, 3.63) is 0 Å². The van der Waals surface area contributed by atoms with Crippen LogP contribution in [0.2, 0.25) is 0 Å². The lowest BCUT2D eigenvalue weighted by Crippen LogP contribution is -2.41. The van der Waals surface area contributed by atoms with Gasteiger partial charge in [0.25, 0.3) is 0 Å². The summed E-state index contributed by atoms with van der Waals surface area (Å²) in [5.74, 6) is -0.152. The Hall–Kier alpha value is -0.650. The van der Waals surface area contributed by atoms with Gasteiger partial charge in [0.1, 0.15) is 0 Å². The second-order valence-corrected chi connectivity index (χ2v) is 2.55. The summed E-state index contributed by atoms with van der Waals surface area (Å²) in [5, 5.41) is 13.9. The third kappa shape index (κ3) is 6.09. The van der Waals surface area contributed by atoms with Gasteiger partial charge in [0, 0.05) is 19.6 Å². The molecule has 0 heterocycles. The second kappa shape index (κ2) is 7.02. The Morgan fingerprint density at radius 2 is 2.17 bits per heavy atom. The van der Waals surface area contributed by atoms with Gasteiger partial charge in [0.05, 0.1) is 12.6 Å². The van der Waals surface area contributed by atoms with Gasteiger partial charge in [-0.3, -0.25) is 4.79 Å². The van der Waals surface area contributed by atoms with Crippen LogP contribution in [0, 0.1) is 0 Å². The van der Waals surface area contributed by atoms with Gasteiger partial charge in [-0.2, -0.15) is 0 Å². The summed E-state index contributed by atoms with van der Waals surface area (Å²) in [6.07, 6.45) is 0. The van der Waals surface area contributed by atoms with Gasteiger partial charge < -0.3 is 21.5 Å². The molecule has 0 aromatic carbocycles. The maximum atomic E-state index is 10.9. The third-order valence-electron chi connectivity index (χ3n) is 1.30. The molecule has 0 aliphatic rings. The molecule has 5 N–H and O–H groups in total. The molecule has 0 fully saturated rings. The van der Waals surface area contributed by atoms with Crippen LogP contribution in [0.3, 0.4) is 0 Å². The number of aliphatic hydroxyl groups is 1. The number of hydrogen-bond donors (Lipinski definition) is 4. The van der Waals surface area contributed by atoms with E-state index in [1.54, 1.807) is 6.92 Å². The van der Waals surface area contributed by atoms with Gasteiger partial charge >= 0.3 is 0 Å². The zero-order valence-electron chi connectivity index (χ0n) is 7.34. The Morgan fingerprint density at radius 3 is 2.67 bits per heavy atom. The van der Waals surface area contributed by atoms with Crippen LogP contribution < -0.4 is 16.4 Å². The monoisotopic (exact) mass is 175 g/mol. The van der Waals surface area contributed by atoms with Crippen molar-refractivity contribution in [2.75, 3.05) is 26.2 Å². The topological polar surface area (TPSA) is 87.4 Å². The molecule has 0 saturated carbocycles. The predicted octanol–water partition coefficient (Wildman–Crippen LogP) is -1.97. The number of aliphatic hydroxyl groups excluding tert-OH is 1. The smallest absolute Gasteiger partial charge is 0.236 e. The van der Waals surface area contributed by atoms with Crippen LogP contribution in [0.15, 0.2) is 0 Å². The fraction of sp³-hybridized carbons (Fsp3) is 0.857. The Balaban J connectivity index is 3.14. The van der Waals surface area contributed by atoms with Crippen LogP contribution in [0.5, 0.6) is 0 Å². The van der Waals surface area contributed by atoms with E-state index in [0.29, 0.717) is 19.6 Å². The van der Waals surface area contributed by atoms with Crippen molar-refractivity contribution in [2.45, 2.75) is 13.0 Å². The lowest BCUT2D eigenvalue weighted by molar-refractivity contribution is -0.121. The van der Waals surface area contributed by atoms with E-state index in [0.717, 1.165) is 0 Å². The number of carbonyl (C=O) groups excluding carboxylic acids is 1. The average Bonchev–Trinajstić information content (AvgIpc) is 2.03.